The molecule has 1 aliphatic carbocycles. The highest BCUT2D eigenvalue weighted by atomic mass is 16.2. The first kappa shape index (κ1) is 16.4. The fraction of sp³-hybridized carbons (Fsp3) is 0.632. The van der Waals surface area contributed by atoms with Crippen LogP contribution >= 0.6 is 0 Å². The van der Waals surface area contributed by atoms with Crippen molar-refractivity contribution in [3.63, 3.8) is 0 Å². The summed E-state index contributed by atoms with van der Waals surface area (Å²) >= 11 is 0. The minimum absolute atomic E-state index is 0.00931. The lowest BCUT2D eigenvalue weighted by Crippen LogP contribution is -2.36. The molecule has 1 saturated carbocycles. The average Bonchev–Trinajstić information content (AvgIpc) is 3.24. The number of pyridine rings is 1. The van der Waals surface area contributed by atoms with Crippen molar-refractivity contribution in [2.45, 2.75) is 38.5 Å². The van der Waals surface area contributed by atoms with Crippen molar-refractivity contribution in [1.29, 1.82) is 0 Å². The Kier molecular flexibility index (Phi) is 4.59. The molecule has 3 fully saturated rings. The molecule has 0 bridgehead atoms. The number of anilines is 1. The zero-order valence-electron chi connectivity index (χ0n) is 14.6. The third kappa shape index (κ3) is 3.48. The number of nitrogens with zero attached hydrogens (tertiary/aromatic N) is 3. The Morgan fingerprint density at radius 1 is 0.960 bits per heavy atom. The molecule has 4 rings (SSSR count). The Morgan fingerprint density at radius 2 is 1.68 bits per heavy atom. The van der Waals surface area contributed by atoms with Crippen LogP contribution in [0.15, 0.2) is 18.3 Å². The van der Waals surface area contributed by atoms with Gasteiger partial charge in [-0.25, -0.2) is 9.78 Å². The number of aromatic nitrogens is 1. The lowest BCUT2D eigenvalue weighted by atomic mass is 10.0. The molecule has 1 N–H and O–H groups in total. The second-order valence-corrected chi connectivity index (χ2v) is 7.57. The molecule has 134 valence electrons. The van der Waals surface area contributed by atoms with E-state index in [4.69, 9.17) is 0 Å². The van der Waals surface area contributed by atoms with E-state index >= 15 is 0 Å². The van der Waals surface area contributed by atoms with Gasteiger partial charge in [-0.2, -0.15) is 0 Å². The molecule has 0 aromatic carbocycles. The maximum absolute atomic E-state index is 12.4. The Balaban J connectivity index is 1.34. The van der Waals surface area contributed by atoms with Gasteiger partial charge in [0, 0.05) is 26.2 Å². The molecule has 2 aliphatic heterocycles. The fourth-order valence-electron chi connectivity index (χ4n) is 4.46. The second-order valence-electron chi connectivity index (χ2n) is 7.57. The van der Waals surface area contributed by atoms with Gasteiger partial charge >= 0.3 is 6.03 Å². The Hall–Kier alpha value is -2.11. The lowest BCUT2D eigenvalue weighted by molar-refractivity contribution is 0.0718. The maximum atomic E-state index is 12.4. The molecular weight excluding hydrogens is 316 g/mol. The smallest absolute Gasteiger partial charge is 0.321 e. The maximum Gasteiger partial charge on any atom is 0.321 e. The molecule has 0 spiro atoms. The molecule has 1 aromatic heterocycles. The monoisotopic (exact) mass is 342 g/mol. The lowest BCUT2D eigenvalue weighted by Gasteiger charge is -2.26. The number of carbonyl (C=O) groups is 2. The van der Waals surface area contributed by atoms with Crippen molar-refractivity contribution in [3.8, 4) is 0 Å². The first-order valence-corrected chi connectivity index (χ1v) is 9.52. The van der Waals surface area contributed by atoms with Gasteiger partial charge in [0.15, 0.2) is 0 Å². The van der Waals surface area contributed by atoms with E-state index in [1.807, 2.05) is 9.80 Å². The Bertz CT molecular complexity index is 627. The van der Waals surface area contributed by atoms with Gasteiger partial charge in [0.1, 0.15) is 5.69 Å². The summed E-state index contributed by atoms with van der Waals surface area (Å²) in [6.07, 6.45) is 8.73. The molecule has 2 saturated heterocycles. The molecule has 2 atom stereocenters. The Morgan fingerprint density at radius 3 is 2.32 bits per heavy atom. The third-order valence-corrected chi connectivity index (χ3v) is 5.89. The molecule has 3 heterocycles. The number of piperidine rings is 1. The number of urea groups is 1. The highest BCUT2D eigenvalue weighted by Gasteiger charge is 2.38. The van der Waals surface area contributed by atoms with E-state index in [1.165, 1.54) is 25.7 Å². The first-order valence-electron chi connectivity index (χ1n) is 9.52. The average molecular weight is 342 g/mol. The number of likely N-dealkylation sites (tertiary alicyclic amines) is 2. The van der Waals surface area contributed by atoms with Gasteiger partial charge in [-0.05, 0) is 56.1 Å². The number of fused-ring (bicyclic) bond motifs is 1. The highest BCUT2D eigenvalue weighted by molar-refractivity contribution is 5.93. The molecule has 25 heavy (non-hydrogen) atoms. The largest absolute Gasteiger partial charge is 0.337 e. The normalized spacial score (nSPS) is 25.8. The molecule has 6 heteroatoms. The van der Waals surface area contributed by atoms with Crippen LogP contribution in [0.25, 0.3) is 0 Å². The number of hydrogen-bond donors (Lipinski definition) is 1. The quantitative estimate of drug-likeness (QED) is 0.898. The summed E-state index contributed by atoms with van der Waals surface area (Å²) in [5, 5.41) is 2.92. The van der Waals surface area contributed by atoms with E-state index in [9.17, 15) is 9.59 Å². The predicted octanol–water partition coefficient (Wildman–Crippen LogP) is 2.97. The molecule has 0 radical (unpaired) electrons. The van der Waals surface area contributed by atoms with E-state index in [1.54, 1.807) is 18.3 Å². The van der Waals surface area contributed by atoms with Crippen LogP contribution in [0.2, 0.25) is 0 Å². The number of hydrogen-bond acceptors (Lipinski definition) is 3. The number of rotatable bonds is 2. The van der Waals surface area contributed by atoms with Crippen LogP contribution in [0.1, 0.15) is 49.0 Å². The van der Waals surface area contributed by atoms with E-state index in [2.05, 4.69) is 10.3 Å². The molecule has 1 aromatic rings. The Labute approximate surface area is 148 Å². The van der Waals surface area contributed by atoms with Gasteiger partial charge in [-0.15, -0.1) is 0 Å². The van der Waals surface area contributed by atoms with Crippen LogP contribution in [-0.4, -0.2) is 52.9 Å². The minimum Gasteiger partial charge on any atom is -0.337 e. The number of amides is 3. The third-order valence-electron chi connectivity index (χ3n) is 5.89. The molecule has 0 unspecified atom stereocenters. The van der Waals surface area contributed by atoms with Crippen LogP contribution < -0.4 is 5.32 Å². The van der Waals surface area contributed by atoms with Crippen molar-refractivity contribution >= 4 is 17.6 Å². The van der Waals surface area contributed by atoms with E-state index in [0.717, 1.165) is 39.0 Å². The van der Waals surface area contributed by atoms with E-state index < -0.39 is 0 Å². The summed E-state index contributed by atoms with van der Waals surface area (Å²) in [6.45, 7) is 3.37. The van der Waals surface area contributed by atoms with Crippen LogP contribution in [-0.2, 0) is 0 Å². The molecular formula is C19H26N4O2. The van der Waals surface area contributed by atoms with Crippen molar-refractivity contribution in [2.75, 3.05) is 31.5 Å². The van der Waals surface area contributed by atoms with Crippen LogP contribution in [0.4, 0.5) is 10.5 Å². The highest BCUT2D eigenvalue weighted by Crippen LogP contribution is 2.37. The summed E-state index contributed by atoms with van der Waals surface area (Å²) in [5.74, 6) is 1.37. The van der Waals surface area contributed by atoms with Crippen LogP contribution in [0, 0.1) is 11.8 Å². The van der Waals surface area contributed by atoms with E-state index in [-0.39, 0.29) is 11.9 Å². The summed E-state index contributed by atoms with van der Waals surface area (Å²) in [5.41, 5.74) is 1.10. The topological polar surface area (TPSA) is 65.5 Å². The summed E-state index contributed by atoms with van der Waals surface area (Å²) in [7, 11) is 0. The first-order chi connectivity index (χ1) is 12.2. The van der Waals surface area contributed by atoms with Crippen molar-refractivity contribution in [2.24, 2.45) is 11.8 Å². The molecule has 3 aliphatic rings. The van der Waals surface area contributed by atoms with Crippen LogP contribution in [0.5, 0.6) is 0 Å². The van der Waals surface area contributed by atoms with E-state index in [0.29, 0.717) is 23.2 Å². The standard InChI is InChI=1S/C19H26N4O2/c24-18(22-9-2-1-3-10-22)17-8-7-16(11-20-17)21-19(25)23-12-14-5-4-6-15(14)13-23/h7-8,11,14-15H,1-6,9-10,12-13H2,(H,21,25)/t14-,15-/m1/s1. The zero-order valence-corrected chi connectivity index (χ0v) is 14.6. The summed E-state index contributed by atoms with van der Waals surface area (Å²) < 4.78 is 0. The predicted molar refractivity (Wildman–Crippen MR) is 95.4 cm³/mol. The van der Waals surface area contributed by atoms with Gasteiger partial charge in [0.25, 0.3) is 5.91 Å². The number of carbonyl (C=O) groups excluding carboxylic acids is 2. The second kappa shape index (κ2) is 7.02. The fourth-order valence-corrected chi connectivity index (χ4v) is 4.46. The van der Waals surface area contributed by atoms with Crippen molar-refractivity contribution < 1.29 is 9.59 Å². The van der Waals surface area contributed by atoms with Gasteiger partial charge in [0.05, 0.1) is 11.9 Å². The minimum atomic E-state index is -0.0497. The van der Waals surface area contributed by atoms with Gasteiger partial charge in [0.2, 0.25) is 0 Å². The SMILES string of the molecule is O=C(Nc1ccc(C(=O)N2CCCCC2)nc1)N1C[C@H]2CCC[C@@H]2C1. The van der Waals surface area contributed by atoms with Crippen molar-refractivity contribution in [3.05, 3.63) is 24.0 Å². The number of nitrogens with one attached hydrogen (secondary N) is 1. The van der Waals surface area contributed by atoms with Crippen LogP contribution in [0.3, 0.4) is 0 Å². The molecule has 3 amide bonds. The summed E-state index contributed by atoms with van der Waals surface area (Å²) in [4.78, 5) is 32.9. The molecule has 6 nitrogen and oxygen atoms in total. The summed E-state index contributed by atoms with van der Waals surface area (Å²) in [6, 6.07) is 3.44. The van der Waals surface area contributed by atoms with Gasteiger partial charge < -0.3 is 15.1 Å². The van der Waals surface area contributed by atoms with Crippen molar-refractivity contribution in [1.82, 2.24) is 14.8 Å². The zero-order chi connectivity index (χ0) is 17.2. The van der Waals surface area contributed by atoms with Gasteiger partial charge in [-0.1, -0.05) is 6.42 Å². The van der Waals surface area contributed by atoms with Gasteiger partial charge in [-0.3, -0.25) is 4.79 Å².